The van der Waals surface area contributed by atoms with Gasteiger partial charge in [-0.1, -0.05) is 13.8 Å². The topological polar surface area (TPSA) is 51.3 Å². The summed E-state index contributed by atoms with van der Waals surface area (Å²) >= 11 is 0. The van der Waals surface area contributed by atoms with Crippen LogP contribution in [0.3, 0.4) is 0 Å². The summed E-state index contributed by atoms with van der Waals surface area (Å²) in [6.45, 7) is 12.7. The van der Waals surface area contributed by atoms with Crippen molar-refractivity contribution in [3.8, 4) is 0 Å². The molecular weight excluding hydrogens is 331 g/mol. The second kappa shape index (κ2) is 7.70. The monoisotopic (exact) mass is 361 g/mol. The summed E-state index contributed by atoms with van der Waals surface area (Å²) in [6.07, 6.45) is 1.99. The average molecular weight is 361 g/mol. The van der Waals surface area contributed by atoms with Crippen molar-refractivity contribution in [2.45, 2.75) is 52.1 Å². The number of rotatable bonds is 6. The van der Waals surface area contributed by atoms with E-state index in [0.717, 1.165) is 50.5 Å². The predicted molar refractivity (Wildman–Crippen MR) is 99.8 cm³/mol. The van der Waals surface area contributed by atoms with Crippen LogP contribution in [0.15, 0.2) is 24.3 Å². The predicted octanol–water partition coefficient (Wildman–Crippen LogP) is 1.81. The molecule has 6 nitrogen and oxygen atoms in total. The molecule has 1 aliphatic rings. The van der Waals surface area contributed by atoms with Crippen LogP contribution >= 0.6 is 0 Å². The fourth-order valence-corrected chi connectivity index (χ4v) is 3.70. The third-order valence-electron chi connectivity index (χ3n) is 5.74. The highest BCUT2D eigenvalue weighted by molar-refractivity contribution is 5.46. The van der Waals surface area contributed by atoms with E-state index in [1.165, 1.54) is 17.0 Å². The summed E-state index contributed by atoms with van der Waals surface area (Å²) in [5.74, 6) is 0.805. The molecule has 1 aliphatic heterocycles. The molecule has 1 aromatic carbocycles. The van der Waals surface area contributed by atoms with Crippen molar-refractivity contribution in [1.29, 1.82) is 0 Å². The Balaban J connectivity index is 1.72. The molecule has 7 heteroatoms. The number of anilines is 1. The zero-order valence-electron chi connectivity index (χ0n) is 16.2. The van der Waals surface area contributed by atoms with E-state index in [0.29, 0.717) is 6.04 Å². The van der Waals surface area contributed by atoms with Gasteiger partial charge < -0.3 is 9.80 Å². The van der Waals surface area contributed by atoms with Crippen molar-refractivity contribution in [3.63, 3.8) is 0 Å². The Morgan fingerprint density at radius 1 is 1.15 bits per heavy atom. The molecule has 1 N–H and O–H groups in total. The lowest BCUT2D eigenvalue weighted by Crippen LogP contribution is -3.15. The number of piperazine rings is 1. The minimum atomic E-state index is -0.186. The molecule has 0 bridgehead atoms. The molecule has 0 spiro atoms. The molecule has 142 valence electrons. The maximum absolute atomic E-state index is 13.1. The van der Waals surface area contributed by atoms with Gasteiger partial charge in [0, 0.05) is 12.1 Å². The normalized spacial score (nSPS) is 17.5. The first kappa shape index (κ1) is 18.8. The van der Waals surface area contributed by atoms with Gasteiger partial charge in [0.2, 0.25) is 5.82 Å². The Morgan fingerprint density at radius 2 is 1.81 bits per heavy atom. The van der Waals surface area contributed by atoms with Crippen LogP contribution in [0.2, 0.25) is 0 Å². The summed E-state index contributed by atoms with van der Waals surface area (Å²) < 4.78 is 15.2. The van der Waals surface area contributed by atoms with Crippen molar-refractivity contribution < 1.29 is 9.29 Å². The van der Waals surface area contributed by atoms with Crippen molar-refractivity contribution in [2.24, 2.45) is 0 Å². The van der Waals surface area contributed by atoms with E-state index in [2.05, 4.69) is 48.1 Å². The fraction of sp³-hybridized carbons (Fsp3) is 0.632. The molecule has 0 saturated carbocycles. The standard InChI is InChI=1S/C19H29FN6/c1-5-17(18-21-22-23-26(18)19(3,4)6-2)25-13-11-24(12-14-25)16-9-7-15(20)8-10-16/h7-10,17H,5-6,11-14H2,1-4H3/p+1/t17-/m1/s1. The van der Waals surface area contributed by atoms with Crippen molar-refractivity contribution in [2.75, 3.05) is 31.1 Å². The van der Waals surface area contributed by atoms with Crippen molar-refractivity contribution in [3.05, 3.63) is 35.9 Å². The fourth-order valence-electron chi connectivity index (χ4n) is 3.70. The zero-order valence-corrected chi connectivity index (χ0v) is 16.2. The number of aromatic nitrogens is 4. The first-order valence-corrected chi connectivity index (χ1v) is 9.60. The van der Waals surface area contributed by atoms with Gasteiger partial charge >= 0.3 is 0 Å². The quantitative estimate of drug-likeness (QED) is 0.853. The minimum absolute atomic E-state index is 0.0817. The first-order valence-electron chi connectivity index (χ1n) is 9.60. The van der Waals surface area contributed by atoms with E-state index in [1.807, 2.05) is 16.8 Å². The number of benzene rings is 1. The number of halogens is 1. The highest BCUT2D eigenvalue weighted by Gasteiger charge is 2.34. The molecule has 3 rings (SSSR count). The summed E-state index contributed by atoms with van der Waals surface area (Å²) in [5, 5.41) is 12.7. The molecule has 1 aromatic heterocycles. The van der Waals surface area contributed by atoms with Gasteiger partial charge in [-0.15, -0.1) is 5.10 Å². The Labute approximate surface area is 155 Å². The molecule has 0 radical (unpaired) electrons. The maximum atomic E-state index is 13.1. The van der Waals surface area contributed by atoms with Crippen LogP contribution in [0.1, 0.15) is 52.4 Å². The lowest BCUT2D eigenvalue weighted by molar-refractivity contribution is -0.933. The van der Waals surface area contributed by atoms with Gasteiger partial charge in [0.15, 0.2) is 0 Å². The highest BCUT2D eigenvalue weighted by atomic mass is 19.1. The Kier molecular flexibility index (Phi) is 5.55. The SMILES string of the molecule is CC[C@H](c1nnnn1C(C)(C)CC)[NH+]1CCN(c2ccc(F)cc2)CC1. The third-order valence-corrected chi connectivity index (χ3v) is 5.74. The van der Waals surface area contributed by atoms with Gasteiger partial charge in [0.25, 0.3) is 0 Å². The molecule has 26 heavy (non-hydrogen) atoms. The zero-order chi connectivity index (χ0) is 18.7. The largest absolute Gasteiger partial charge is 0.360 e. The number of hydrogen-bond acceptors (Lipinski definition) is 4. The number of nitrogens with one attached hydrogen (secondary N) is 1. The van der Waals surface area contributed by atoms with E-state index < -0.39 is 0 Å². The van der Waals surface area contributed by atoms with Crippen LogP contribution in [-0.2, 0) is 5.54 Å². The number of quaternary nitrogens is 1. The van der Waals surface area contributed by atoms with Crippen LogP contribution in [-0.4, -0.2) is 46.4 Å². The van der Waals surface area contributed by atoms with Crippen molar-refractivity contribution >= 4 is 5.69 Å². The lowest BCUT2D eigenvalue weighted by Gasteiger charge is -2.37. The Morgan fingerprint density at radius 3 is 2.38 bits per heavy atom. The van der Waals surface area contributed by atoms with Gasteiger partial charge in [-0.2, -0.15) is 0 Å². The summed E-state index contributed by atoms with van der Waals surface area (Å²) in [7, 11) is 0. The maximum Gasteiger partial charge on any atom is 0.209 e. The van der Waals surface area contributed by atoms with Crippen LogP contribution in [0.25, 0.3) is 0 Å². The van der Waals surface area contributed by atoms with Gasteiger partial charge in [0.1, 0.15) is 11.9 Å². The van der Waals surface area contributed by atoms with E-state index in [4.69, 9.17) is 0 Å². The van der Waals surface area contributed by atoms with Crippen LogP contribution in [0.4, 0.5) is 10.1 Å². The Bertz CT molecular complexity index is 703. The highest BCUT2D eigenvalue weighted by Crippen LogP contribution is 2.22. The molecule has 2 aromatic rings. The van der Waals surface area contributed by atoms with Gasteiger partial charge in [-0.05, 0) is 55.0 Å². The molecular formula is C19H30FN6+. The lowest BCUT2D eigenvalue weighted by atomic mass is 10.0. The number of tetrazole rings is 1. The smallest absolute Gasteiger partial charge is 0.209 e. The van der Waals surface area contributed by atoms with E-state index in [-0.39, 0.29) is 11.4 Å². The third kappa shape index (κ3) is 3.72. The van der Waals surface area contributed by atoms with Gasteiger partial charge in [-0.25, -0.2) is 9.07 Å². The molecule has 0 aliphatic carbocycles. The van der Waals surface area contributed by atoms with Crippen LogP contribution in [0.5, 0.6) is 0 Å². The molecule has 0 unspecified atom stereocenters. The van der Waals surface area contributed by atoms with E-state index >= 15 is 0 Å². The Hall–Kier alpha value is -2.02. The summed E-state index contributed by atoms with van der Waals surface area (Å²) in [6, 6.07) is 7.09. The van der Waals surface area contributed by atoms with Crippen LogP contribution in [0, 0.1) is 5.82 Å². The molecule has 2 heterocycles. The minimum Gasteiger partial charge on any atom is -0.360 e. The summed E-state index contributed by atoms with van der Waals surface area (Å²) in [4.78, 5) is 3.85. The van der Waals surface area contributed by atoms with Gasteiger partial charge in [0.05, 0.1) is 31.7 Å². The van der Waals surface area contributed by atoms with Crippen LogP contribution < -0.4 is 9.80 Å². The second-order valence-electron chi connectivity index (χ2n) is 7.70. The molecule has 0 amide bonds. The molecule has 1 saturated heterocycles. The second-order valence-corrected chi connectivity index (χ2v) is 7.70. The first-order chi connectivity index (χ1) is 12.5. The molecule has 1 atom stereocenters. The number of hydrogen-bond donors (Lipinski definition) is 1. The van der Waals surface area contributed by atoms with E-state index in [9.17, 15) is 4.39 Å². The van der Waals surface area contributed by atoms with Gasteiger partial charge in [-0.3, -0.25) is 0 Å². The number of nitrogens with zero attached hydrogens (tertiary/aromatic N) is 5. The van der Waals surface area contributed by atoms with Crippen molar-refractivity contribution in [1.82, 2.24) is 20.2 Å². The van der Waals surface area contributed by atoms with E-state index in [1.54, 1.807) is 0 Å². The average Bonchev–Trinajstić information content (AvgIpc) is 3.14. The molecule has 1 fully saturated rings. The summed E-state index contributed by atoms with van der Waals surface area (Å²) in [5.41, 5.74) is 1.01.